The van der Waals surface area contributed by atoms with Crippen LogP contribution in [0.5, 0.6) is 0 Å². The van der Waals surface area contributed by atoms with Crippen LogP contribution in [0.25, 0.3) is 0 Å². The molecule has 2 aliphatic rings. The van der Waals surface area contributed by atoms with Gasteiger partial charge in [0, 0.05) is 12.0 Å². The van der Waals surface area contributed by atoms with Gasteiger partial charge in [0.15, 0.2) is 0 Å². The zero-order chi connectivity index (χ0) is 10.8. The van der Waals surface area contributed by atoms with Crippen molar-refractivity contribution < 1.29 is 14.3 Å². The monoisotopic (exact) mass is 213 g/mol. The fourth-order valence-corrected chi connectivity index (χ4v) is 2.76. The van der Waals surface area contributed by atoms with Gasteiger partial charge in [0.05, 0.1) is 25.7 Å². The van der Waals surface area contributed by atoms with Crippen LogP contribution in [0.15, 0.2) is 0 Å². The Morgan fingerprint density at radius 1 is 1.53 bits per heavy atom. The van der Waals surface area contributed by atoms with Crippen molar-refractivity contribution >= 4 is 5.97 Å². The summed E-state index contributed by atoms with van der Waals surface area (Å²) < 4.78 is 10.5. The smallest absolute Gasteiger partial charge is 0.308 e. The molecule has 4 atom stereocenters. The minimum absolute atomic E-state index is 0.0246. The highest BCUT2D eigenvalue weighted by atomic mass is 16.5. The Hall–Kier alpha value is -0.610. The van der Waals surface area contributed by atoms with Crippen LogP contribution in [0.3, 0.4) is 0 Å². The van der Waals surface area contributed by atoms with E-state index in [1.54, 1.807) is 0 Å². The molecule has 1 heterocycles. The molecule has 0 aromatic carbocycles. The van der Waals surface area contributed by atoms with Crippen LogP contribution in [0.4, 0.5) is 0 Å². The zero-order valence-electron chi connectivity index (χ0n) is 9.15. The van der Waals surface area contributed by atoms with E-state index in [-0.39, 0.29) is 24.2 Å². The number of carbonyl (C=O) groups is 1. The summed E-state index contributed by atoms with van der Waals surface area (Å²) in [6.07, 6.45) is 4.93. The van der Waals surface area contributed by atoms with Crippen LogP contribution < -0.4 is 5.73 Å². The molecule has 1 saturated heterocycles. The quantitative estimate of drug-likeness (QED) is 0.690. The maximum absolute atomic E-state index is 11.1. The lowest BCUT2D eigenvalue weighted by molar-refractivity contribution is -0.143. The predicted octanol–water partition coefficient (Wildman–Crippen LogP) is 0.834. The average Bonchev–Trinajstić information content (AvgIpc) is 2.62. The Labute approximate surface area is 90.1 Å². The average molecular weight is 213 g/mol. The highest BCUT2D eigenvalue weighted by Crippen LogP contribution is 2.37. The van der Waals surface area contributed by atoms with Crippen LogP contribution in [0, 0.1) is 5.92 Å². The van der Waals surface area contributed by atoms with Gasteiger partial charge in [0.2, 0.25) is 0 Å². The second-order valence-corrected chi connectivity index (χ2v) is 4.57. The molecule has 1 aliphatic carbocycles. The molecule has 1 saturated carbocycles. The summed E-state index contributed by atoms with van der Waals surface area (Å²) in [6, 6.07) is 0.256. The highest BCUT2D eigenvalue weighted by molar-refractivity contribution is 5.69. The van der Waals surface area contributed by atoms with Crippen molar-refractivity contribution in [2.45, 2.75) is 50.4 Å². The van der Waals surface area contributed by atoms with Crippen LogP contribution in [0.2, 0.25) is 0 Å². The Bertz CT molecular complexity index is 244. The van der Waals surface area contributed by atoms with Crippen LogP contribution in [0.1, 0.15) is 32.1 Å². The lowest BCUT2D eigenvalue weighted by Crippen LogP contribution is -2.38. The van der Waals surface area contributed by atoms with Gasteiger partial charge in [0.1, 0.15) is 0 Å². The van der Waals surface area contributed by atoms with Gasteiger partial charge < -0.3 is 15.2 Å². The minimum atomic E-state index is -0.188. The maximum atomic E-state index is 11.1. The Balaban J connectivity index is 1.89. The molecule has 2 fully saturated rings. The van der Waals surface area contributed by atoms with Crippen molar-refractivity contribution in [2.24, 2.45) is 11.7 Å². The fourth-order valence-electron chi connectivity index (χ4n) is 2.76. The molecule has 0 aromatic heterocycles. The third kappa shape index (κ3) is 2.32. The second kappa shape index (κ2) is 4.49. The topological polar surface area (TPSA) is 61.5 Å². The van der Waals surface area contributed by atoms with Gasteiger partial charge in [-0.2, -0.15) is 0 Å². The fraction of sp³-hybridized carbons (Fsp3) is 0.909. The summed E-state index contributed by atoms with van der Waals surface area (Å²) in [5.74, 6) is 0.264. The summed E-state index contributed by atoms with van der Waals surface area (Å²) in [6.45, 7) is 0. The molecule has 15 heavy (non-hydrogen) atoms. The first-order valence-electron chi connectivity index (χ1n) is 5.68. The summed E-state index contributed by atoms with van der Waals surface area (Å²) in [5, 5.41) is 0. The molecule has 0 unspecified atom stereocenters. The van der Waals surface area contributed by atoms with Crippen LogP contribution in [-0.4, -0.2) is 31.3 Å². The normalized spacial score (nSPS) is 39.9. The first kappa shape index (κ1) is 10.9. The molecule has 0 bridgehead atoms. The predicted molar refractivity (Wildman–Crippen MR) is 55.2 cm³/mol. The molecule has 0 amide bonds. The molecule has 0 aromatic rings. The van der Waals surface area contributed by atoms with Crippen molar-refractivity contribution in [1.82, 2.24) is 0 Å². The van der Waals surface area contributed by atoms with Gasteiger partial charge in [0.25, 0.3) is 0 Å². The Morgan fingerprint density at radius 2 is 2.33 bits per heavy atom. The molecule has 4 heteroatoms. The van der Waals surface area contributed by atoms with Gasteiger partial charge in [-0.15, -0.1) is 0 Å². The number of methoxy groups -OCH3 is 1. The van der Waals surface area contributed by atoms with E-state index in [1.807, 2.05) is 0 Å². The number of fused-ring (bicyclic) bond motifs is 1. The highest BCUT2D eigenvalue weighted by Gasteiger charge is 2.41. The van der Waals surface area contributed by atoms with E-state index in [4.69, 9.17) is 10.5 Å². The summed E-state index contributed by atoms with van der Waals surface area (Å²) in [5.41, 5.74) is 6.05. The Morgan fingerprint density at radius 3 is 3.00 bits per heavy atom. The number of esters is 1. The number of rotatable bonds is 2. The molecule has 1 aliphatic heterocycles. The molecule has 0 spiro atoms. The van der Waals surface area contributed by atoms with Gasteiger partial charge in [-0.05, 0) is 25.7 Å². The lowest BCUT2D eigenvalue weighted by atomic mass is 9.81. The third-order valence-corrected chi connectivity index (χ3v) is 3.58. The zero-order valence-corrected chi connectivity index (χ0v) is 9.15. The molecular weight excluding hydrogens is 194 g/mol. The molecule has 86 valence electrons. The number of nitrogens with two attached hydrogens (primary N) is 1. The number of ether oxygens (including phenoxy) is 2. The molecule has 0 radical (unpaired) electrons. The second-order valence-electron chi connectivity index (χ2n) is 4.57. The van der Waals surface area contributed by atoms with Gasteiger partial charge in [-0.25, -0.2) is 0 Å². The SMILES string of the molecule is COC(=O)C[C@H]1C[C@H]2[C@H](N)CCC[C@@H]2O1. The van der Waals surface area contributed by atoms with Crippen LogP contribution >= 0.6 is 0 Å². The lowest BCUT2D eigenvalue weighted by Gasteiger charge is -2.29. The number of carbonyl (C=O) groups excluding carboxylic acids is 1. The van der Waals surface area contributed by atoms with E-state index in [2.05, 4.69) is 4.74 Å². The van der Waals surface area contributed by atoms with Crippen molar-refractivity contribution in [3.8, 4) is 0 Å². The number of hydrogen-bond acceptors (Lipinski definition) is 4. The van der Waals surface area contributed by atoms with Gasteiger partial charge in [-0.1, -0.05) is 0 Å². The van der Waals surface area contributed by atoms with Gasteiger partial charge in [-0.3, -0.25) is 4.79 Å². The van der Waals surface area contributed by atoms with Crippen molar-refractivity contribution in [3.63, 3.8) is 0 Å². The van der Waals surface area contributed by atoms with Crippen molar-refractivity contribution in [1.29, 1.82) is 0 Å². The van der Waals surface area contributed by atoms with E-state index in [1.165, 1.54) is 7.11 Å². The maximum Gasteiger partial charge on any atom is 0.308 e. The third-order valence-electron chi connectivity index (χ3n) is 3.58. The van der Waals surface area contributed by atoms with Crippen molar-refractivity contribution in [2.75, 3.05) is 7.11 Å². The molecular formula is C11H19NO3. The molecule has 2 rings (SSSR count). The summed E-state index contributed by atoms with van der Waals surface area (Å²) >= 11 is 0. The van der Waals surface area contributed by atoms with E-state index in [0.29, 0.717) is 12.3 Å². The Kier molecular flexibility index (Phi) is 3.26. The van der Waals surface area contributed by atoms with E-state index >= 15 is 0 Å². The molecule has 2 N–H and O–H groups in total. The first-order valence-corrected chi connectivity index (χ1v) is 5.68. The largest absolute Gasteiger partial charge is 0.469 e. The van der Waals surface area contributed by atoms with Crippen LogP contribution in [-0.2, 0) is 14.3 Å². The molecule has 4 nitrogen and oxygen atoms in total. The minimum Gasteiger partial charge on any atom is -0.469 e. The van der Waals surface area contributed by atoms with E-state index in [0.717, 1.165) is 25.7 Å². The first-order chi connectivity index (χ1) is 7.20. The summed E-state index contributed by atoms with van der Waals surface area (Å²) in [7, 11) is 1.41. The van der Waals surface area contributed by atoms with Gasteiger partial charge >= 0.3 is 5.97 Å². The van der Waals surface area contributed by atoms with E-state index in [9.17, 15) is 4.79 Å². The standard InChI is InChI=1S/C11H19NO3/c1-14-11(13)6-7-5-8-9(12)3-2-4-10(8)15-7/h7-10H,2-6,12H2,1H3/t7-,8+,9-,10+/m1/s1. The van der Waals surface area contributed by atoms with E-state index < -0.39 is 0 Å². The van der Waals surface area contributed by atoms with Crippen molar-refractivity contribution in [3.05, 3.63) is 0 Å². The summed E-state index contributed by atoms with van der Waals surface area (Å²) in [4.78, 5) is 11.1. The number of hydrogen-bond donors (Lipinski definition) is 1.